The maximum absolute atomic E-state index is 10.9. The Hall–Kier alpha value is -6.76. The third-order valence-electron chi connectivity index (χ3n) is 9.86. The zero-order valence-electron chi connectivity index (χ0n) is 30.8. The van der Waals surface area contributed by atoms with Crippen molar-refractivity contribution in [1.82, 2.24) is 39.9 Å². The van der Waals surface area contributed by atoms with Crippen molar-refractivity contribution in [3.63, 3.8) is 0 Å². The molecule has 296 valence electrons. The van der Waals surface area contributed by atoms with Crippen LogP contribution in [0.25, 0.3) is 100 Å². The van der Waals surface area contributed by atoms with E-state index >= 15 is 0 Å². The first-order valence-corrected chi connectivity index (χ1v) is 20.6. The minimum atomic E-state index is -4.90. The normalized spacial score (nSPS) is 12.0. The van der Waals surface area contributed by atoms with E-state index in [4.69, 9.17) is 39.9 Å². The topological polar surface area (TPSA) is 260 Å². The molecule has 19 heteroatoms. The molecule has 9 aromatic rings. The monoisotopic (exact) mass is 920 g/mol. The van der Waals surface area contributed by atoms with Gasteiger partial charge in [-0.3, -0.25) is 0 Å². The Kier molecular flexibility index (Phi) is 9.60. The average molecular weight is 922 g/mol. The summed E-state index contributed by atoms with van der Waals surface area (Å²) in [5, 5.41) is 22.2. The van der Waals surface area contributed by atoms with E-state index in [0.717, 1.165) is 55.9 Å². The van der Waals surface area contributed by atoms with Gasteiger partial charge < -0.3 is 49.2 Å². The van der Waals surface area contributed by atoms with E-state index in [2.05, 4.69) is 0 Å². The molecule has 5 heterocycles. The molecule has 0 saturated carbocycles. The minimum Gasteiger partial charge on any atom is -0.744 e. The molecule has 0 spiro atoms. The first kappa shape index (κ1) is 39.7. The molecule has 0 amide bonds. The molecular formula is C42H22N8O8S2Zr-2. The molecule has 0 saturated heterocycles. The van der Waals surface area contributed by atoms with Crippen LogP contribution in [0.5, 0.6) is 11.5 Å². The quantitative estimate of drug-likeness (QED) is 0.183. The van der Waals surface area contributed by atoms with Crippen LogP contribution in [0.4, 0.5) is 0 Å². The maximum atomic E-state index is 10.9. The molecule has 6 aromatic carbocycles. The molecule has 0 unspecified atom stereocenters. The van der Waals surface area contributed by atoms with Crippen LogP contribution in [0.3, 0.4) is 0 Å². The van der Waals surface area contributed by atoms with Crippen molar-refractivity contribution in [2.45, 2.75) is 9.79 Å². The second-order valence-electron chi connectivity index (χ2n) is 13.6. The number of hydrogen-bond donors (Lipinski definition) is 2. The van der Waals surface area contributed by atoms with Gasteiger partial charge in [-0.2, -0.15) is 0 Å². The number of fused-ring (bicyclic) bond motifs is 21. The third-order valence-corrected chi connectivity index (χ3v) is 11.5. The van der Waals surface area contributed by atoms with E-state index in [-0.39, 0.29) is 37.0 Å². The van der Waals surface area contributed by atoms with Gasteiger partial charge >= 0.3 is 26.2 Å². The zero-order valence-corrected chi connectivity index (χ0v) is 34.9. The molecule has 16 nitrogen and oxygen atoms in total. The van der Waals surface area contributed by atoms with Crippen LogP contribution in [0.1, 0.15) is 0 Å². The van der Waals surface area contributed by atoms with Gasteiger partial charge in [0.25, 0.3) is 0 Å². The summed E-state index contributed by atoms with van der Waals surface area (Å²) in [6.45, 7) is 0. The van der Waals surface area contributed by atoms with Crippen molar-refractivity contribution >= 4 is 75.1 Å². The number of benzene rings is 6. The first-order chi connectivity index (χ1) is 28.8. The summed E-state index contributed by atoms with van der Waals surface area (Å²) in [7, 11) is -9.79. The molecule has 8 bridgehead atoms. The van der Waals surface area contributed by atoms with Crippen LogP contribution in [0.15, 0.2) is 131 Å². The van der Waals surface area contributed by atoms with Gasteiger partial charge in [-0.1, -0.05) is 97.1 Å². The predicted molar refractivity (Wildman–Crippen MR) is 217 cm³/mol. The maximum Gasteiger partial charge on any atom is 2.00 e. The van der Waals surface area contributed by atoms with Crippen molar-refractivity contribution in [3.8, 4) is 57.1 Å². The Balaban J connectivity index is 0.000000193. The second kappa shape index (κ2) is 14.8. The van der Waals surface area contributed by atoms with Gasteiger partial charge in [0, 0.05) is 44.8 Å². The Morgan fingerprint density at radius 2 is 0.705 bits per heavy atom. The largest absolute Gasteiger partial charge is 2.00 e. The summed E-state index contributed by atoms with van der Waals surface area (Å²) >= 11 is 0. The summed E-state index contributed by atoms with van der Waals surface area (Å²) in [5.41, 5.74) is 5.78. The molecule has 11 rings (SSSR count). The molecule has 0 atom stereocenters. The summed E-state index contributed by atoms with van der Waals surface area (Å²) < 4.78 is 65.3. The van der Waals surface area contributed by atoms with Crippen LogP contribution >= 0.6 is 0 Å². The number of aromatic nitrogens is 8. The fourth-order valence-electron chi connectivity index (χ4n) is 7.16. The smallest absolute Gasteiger partial charge is 0.744 e. The Bertz CT molecular complexity index is 3340. The molecule has 0 aliphatic carbocycles. The van der Waals surface area contributed by atoms with Crippen molar-refractivity contribution in [2.75, 3.05) is 0 Å². The summed E-state index contributed by atoms with van der Waals surface area (Å²) in [5.74, 6) is 0.744. The van der Waals surface area contributed by atoms with Crippen molar-refractivity contribution in [3.05, 3.63) is 121 Å². The van der Waals surface area contributed by atoms with Crippen LogP contribution in [-0.4, -0.2) is 66.1 Å². The van der Waals surface area contributed by atoms with Crippen molar-refractivity contribution in [2.24, 2.45) is 0 Å². The number of hydrogen-bond acceptors (Lipinski definition) is 14. The molecule has 3 aromatic heterocycles. The number of aromatic hydroxyl groups is 2. The Labute approximate surface area is 363 Å². The SMILES string of the molecule is O=S(=O)([O-])c1cc(O)c2c(O)cc(S(=O)(=O)[O-])cc2c1.[Zr+2].c1ccc2c(c1)-c1nc-2nc2[n-]c(nc3nc(nc4[n-]c(n1)c1ccccc41)-c1ccccc1-3)c1ccccc21. The molecule has 2 aliphatic heterocycles. The first-order valence-electron chi connectivity index (χ1n) is 17.8. The zero-order chi connectivity index (χ0) is 41.5. The van der Waals surface area contributed by atoms with Crippen LogP contribution in [-0.2, 0) is 46.4 Å². The third kappa shape index (κ3) is 7.01. The molecule has 2 N–H and O–H groups in total. The van der Waals surface area contributed by atoms with Gasteiger partial charge in [-0.15, -0.1) is 0 Å². The van der Waals surface area contributed by atoms with Crippen LogP contribution < -0.4 is 9.97 Å². The molecule has 0 radical (unpaired) electrons. The summed E-state index contributed by atoms with van der Waals surface area (Å²) in [6.07, 6.45) is 0. The van der Waals surface area contributed by atoms with Gasteiger partial charge in [0.15, 0.2) is 0 Å². The van der Waals surface area contributed by atoms with Gasteiger partial charge in [0.1, 0.15) is 31.7 Å². The summed E-state index contributed by atoms with van der Waals surface area (Å²) in [4.78, 5) is 37.6. The second-order valence-corrected chi connectivity index (χ2v) is 16.3. The van der Waals surface area contributed by atoms with Gasteiger partial charge in [0.2, 0.25) is 0 Å². The van der Waals surface area contributed by atoms with E-state index < -0.39 is 41.5 Å². The molecule has 61 heavy (non-hydrogen) atoms. The van der Waals surface area contributed by atoms with E-state index in [1.807, 2.05) is 97.1 Å². The number of rotatable bonds is 2. The molecule has 0 fully saturated rings. The Morgan fingerprint density at radius 1 is 0.426 bits per heavy atom. The summed E-state index contributed by atoms with van der Waals surface area (Å²) in [6, 6.07) is 34.6. The number of phenols is 2. The minimum absolute atomic E-state index is 0. The standard InChI is InChI=1S/C32H16N8.C10H8O8S2.Zr/c1-2-10-18-17(9-1)25-33-26(18)38-28-21-13-5-6-14-22(21)30(35-28)40-32-24-16-8-7-15-23(24)31(36-32)39-29-20-12-4-3-11-19(20)27(34-29)37-25;11-8-3-6(19(13,14)15)1-5-2-7(20(16,17)18)4-9(12)10(5)8;/h1-16H;1-4,11-12H,(H,13,14,15)(H,16,17,18);/q-2;;+2/p-2. The van der Waals surface area contributed by atoms with Crippen molar-refractivity contribution in [1.29, 1.82) is 0 Å². The van der Waals surface area contributed by atoms with Crippen LogP contribution in [0.2, 0.25) is 0 Å². The van der Waals surface area contributed by atoms with Gasteiger partial charge in [0.05, 0.1) is 38.5 Å². The molecular weight excluding hydrogens is 900 g/mol. The number of nitrogens with zero attached hydrogens (tertiary/aromatic N) is 8. The van der Waals surface area contributed by atoms with E-state index in [1.165, 1.54) is 0 Å². The van der Waals surface area contributed by atoms with Crippen molar-refractivity contribution < 1.29 is 62.4 Å². The molecule has 2 aliphatic rings. The fourth-order valence-corrected chi connectivity index (χ4v) is 8.22. The predicted octanol–water partition coefficient (Wildman–Crippen LogP) is 6.18. The van der Waals surface area contributed by atoms with Gasteiger partial charge in [-0.05, 0) is 51.2 Å². The Morgan fingerprint density at radius 3 is 0.984 bits per heavy atom. The van der Waals surface area contributed by atoms with Gasteiger partial charge in [-0.25, -0.2) is 26.8 Å². The fraction of sp³-hybridized carbons (Fsp3) is 0. The number of phenolic OH excluding ortho intramolecular Hbond substituents is 2. The average Bonchev–Trinajstić information content (AvgIpc) is 3.96. The van der Waals surface area contributed by atoms with E-state index in [1.54, 1.807) is 0 Å². The van der Waals surface area contributed by atoms with Crippen LogP contribution in [0, 0.1) is 0 Å². The van der Waals surface area contributed by atoms with E-state index in [0.29, 0.717) is 58.0 Å². The van der Waals surface area contributed by atoms with E-state index in [9.17, 15) is 36.2 Å².